The summed E-state index contributed by atoms with van der Waals surface area (Å²) in [6, 6.07) is 4.72. The average molecular weight is 355 g/mol. The summed E-state index contributed by atoms with van der Waals surface area (Å²) in [6.07, 6.45) is 4.78. The molecule has 0 aromatic heterocycles. The van der Waals surface area contributed by atoms with E-state index in [2.05, 4.69) is 20.6 Å². The molecule has 7 nitrogen and oxygen atoms in total. The number of benzene rings is 1. The molecule has 0 amide bonds. The van der Waals surface area contributed by atoms with E-state index in [4.69, 9.17) is 0 Å². The first kappa shape index (κ1) is 19.4. The standard InChI is InChI=1S/C19H25N5O2/c1-13-10-15(3)22-18-7-6-17(24(25)26)12-19(18)23-16(4)11-14(2)21-9-5-8-20-13/h6-7,10-12,22-23H,5,8-9H2,1-4H3/b15-10-,16-11+,20-13?,21-14?. The van der Waals surface area contributed by atoms with E-state index >= 15 is 0 Å². The maximum absolute atomic E-state index is 11.1. The molecule has 0 aliphatic carbocycles. The van der Waals surface area contributed by atoms with Gasteiger partial charge >= 0.3 is 0 Å². The fraction of sp³-hybridized carbons (Fsp3) is 0.368. The lowest BCUT2D eigenvalue weighted by molar-refractivity contribution is -0.384. The van der Waals surface area contributed by atoms with Crippen LogP contribution in [0.2, 0.25) is 0 Å². The number of nitrogens with zero attached hydrogens (tertiary/aromatic N) is 3. The summed E-state index contributed by atoms with van der Waals surface area (Å²) >= 11 is 0. The van der Waals surface area contributed by atoms with E-state index in [0.717, 1.165) is 48.0 Å². The second-order valence-electron chi connectivity index (χ2n) is 6.29. The molecule has 0 fully saturated rings. The monoisotopic (exact) mass is 355 g/mol. The third-order valence-corrected chi connectivity index (χ3v) is 3.77. The van der Waals surface area contributed by atoms with E-state index in [9.17, 15) is 10.1 Å². The van der Waals surface area contributed by atoms with Gasteiger partial charge in [0.15, 0.2) is 0 Å². The molecule has 138 valence electrons. The molecule has 1 aromatic rings. The zero-order valence-electron chi connectivity index (χ0n) is 15.7. The summed E-state index contributed by atoms with van der Waals surface area (Å²) in [5, 5.41) is 17.7. The molecular formula is C19H25N5O2. The number of nitrogens with one attached hydrogen (secondary N) is 2. The summed E-state index contributed by atoms with van der Waals surface area (Å²) in [5.41, 5.74) is 5.03. The molecule has 26 heavy (non-hydrogen) atoms. The van der Waals surface area contributed by atoms with Crippen molar-refractivity contribution in [3.63, 3.8) is 0 Å². The predicted molar refractivity (Wildman–Crippen MR) is 108 cm³/mol. The smallest absolute Gasteiger partial charge is 0.271 e. The van der Waals surface area contributed by atoms with E-state index in [1.807, 2.05) is 39.8 Å². The Morgan fingerprint density at radius 1 is 0.923 bits per heavy atom. The molecule has 0 bridgehead atoms. The fourth-order valence-corrected chi connectivity index (χ4v) is 2.65. The lowest BCUT2D eigenvalue weighted by atomic mass is 10.2. The molecule has 0 spiro atoms. The van der Waals surface area contributed by atoms with Crippen LogP contribution in [0.15, 0.2) is 51.7 Å². The molecule has 0 radical (unpaired) electrons. The second kappa shape index (κ2) is 8.94. The Balaban J connectivity index is 2.47. The van der Waals surface area contributed by atoms with Crippen molar-refractivity contribution < 1.29 is 4.92 Å². The van der Waals surface area contributed by atoms with Crippen LogP contribution in [-0.4, -0.2) is 29.4 Å². The van der Waals surface area contributed by atoms with Gasteiger partial charge < -0.3 is 10.6 Å². The van der Waals surface area contributed by atoms with Crippen molar-refractivity contribution in [3.05, 3.63) is 51.9 Å². The number of fused-ring (bicyclic) bond motifs is 1. The van der Waals surface area contributed by atoms with Crippen molar-refractivity contribution in [1.29, 1.82) is 0 Å². The number of aliphatic imine (C=N–C) groups is 2. The maximum atomic E-state index is 11.1. The first-order valence-corrected chi connectivity index (χ1v) is 8.56. The van der Waals surface area contributed by atoms with Gasteiger partial charge in [-0.05, 0) is 52.3 Å². The van der Waals surface area contributed by atoms with Gasteiger partial charge in [-0.15, -0.1) is 0 Å². The van der Waals surface area contributed by atoms with Crippen LogP contribution in [0.5, 0.6) is 0 Å². The minimum absolute atomic E-state index is 0.0357. The molecule has 1 aromatic carbocycles. The predicted octanol–water partition coefficient (Wildman–Crippen LogP) is 4.55. The number of rotatable bonds is 1. The Bertz CT molecular complexity index is 806. The van der Waals surface area contributed by atoms with E-state index in [0.29, 0.717) is 5.69 Å². The number of anilines is 2. The topological polar surface area (TPSA) is 91.9 Å². The third-order valence-electron chi connectivity index (χ3n) is 3.77. The maximum Gasteiger partial charge on any atom is 0.271 e. The van der Waals surface area contributed by atoms with Crippen molar-refractivity contribution >= 4 is 28.5 Å². The normalized spacial score (nSPS) is 20.3. The van der Waals surface area contributed by atoms with Gasteiger partial charge in [-0.1, -0.05) is 0 Å². The summed E-state index contributed by atoms with van der Waals surface area (Å²) in [7, 11) is 0. The van der Waals surface area contributed by atoms with Gasteiger partial charge in [0.2, 0.25) is 0 Å². The van der Waals surface area contributed by atoms with Gasteiger partial charge in [-0.2, -0.15) is 0 Å². The van der Waals surface area contributed by atoms with Crippen LogP contribution in [0.3, 0.4) is 0 Å². The van der Waals surface area contributed by atoms with Crippen LogP contribution < -0.4 is 10.6 Å². The summed E-state index contributed by atoms with van der Waals surface area (Å²) in [6.45, 7) is 9.20. The average Bonchev–Trinajstić information content (AvgIpc) is 2.55. The van der Waals surface area contributed by atoms with Gasteiger partial charge in [0.1, 0.15) is 0 Å². The molecule has 1 aliphatic rings. The first-order valence-electron chi connectivity index (χ1n) is 8.56. The van der Waals surface area contributed by atoms with Crippen molar-refractivity contribution in [1.82, 2.24) is 0 Å². The number of non-ortho nitro benzene ring substituents is 1. The van der Waals surface area contributed by atoms with E-state index in [1.54, 1.807) is 6.07 Å². The molecule has 7 heteroatoms. The van der Waals surface area contributed by atoms with E-state index in [-0.39, 0.29) is 5.69 Å². The number of hydrogen-bond donors (Lipinski definition) is 2. The quantitative estimate of drug-likeness (QED) is 0.571. The Morgan fingerprint density at radius 3 is 2.00 bits per heavy atom. The Morgan fingerprint density at radius 2 is 1.46 bits per heavy atom. The van der Waals surface area contributed by atoms with Crippen LogP contribution in [0.25, 0.3) is 0 Å². The zero-order chi connectivity index (χ0) is 19.1. The third kappa shape index (κ3) is 5.84. The van der Waals surface area contributed by atoms with E-state index < -0.39 is 4.92 Å². The highest BCUT2D eigenvalue weighted by atomic mass is 16.6. The van der Waals surface area contributed by atoms with Crippen molar-refractivity contribution in [2.45, 2.75) is 34.1 Å². The summed E-state index contributed by atoms with van der Waals surface area (Å²) in [4.78, 5) is 19.8. The lowest BCUT2D eigenvalue weighted by Gasteiger charge is -2.15. The van der Waals surface area contributed by atoms with Gasteiger partial charge in [-0.3, -0.25) is 20.1 Å². The molecule has 0 saturated heterocycles. The Kier molecular flexibility index (Phi) is 6.66. The molecule has 1 aliphatic heterocycles. The van der Waals surface area contributed by atoms with E-state index in [1.165, 1.54) is 12.1 Å². The van der Waals surface area contributed by atoms with Gasteiger partial charge in [0, 0.05) is 48.0 Å². The van der Waals surface area contributed by atoms with Crippen LogP contribution in [0, 0.1) is 10.1 Å². The number of allylic oxidation sites excluding steroid dienone is 4. The SMILES string of the molecule is CC1=NCCCN=C(C)/C=C(\C)Nc2cc([N+](=O)[O-])ccc2N/C(C)=C\1. The number of nitro groups is 1. The molecule has 1 heterocycles. The largest absolute Gasteiger partial charge is 0.357 e. The second-order valence-corrected chi connectivity index (χ2v) is 6.29. The Hall–Kier alpha value is -2.96. The highest BCUT2D eigenvalue weighted by Crippen LogP contribution is 2.29. The summed E-state index contributed by atoms with van der Waals surface area (Å²) in [5.74, 6) is 0. The molecular weight excluding hydrogens is 330 g/mol. The fourth-order valence-electron chi connectivity index (χ4n) is 2.65. The summed E-state index contributed by atoms with van der Waals surface area (Å²) < 4.78 is 0. The molecule has 0 unspecified atom stereocenters. The minimum Gasteiger partial charge on any atom is -0.357 e. The van der Waals surface area contributed by atoms with Gasteiger partial charge in [-0.25, -0.2) is 0 Å². The van der Waals surface area contributed by atoms with Crippen molar-refractivity contribution in [2.75, 3.05) is 23.7 Å². The Labute approximate surface area is 153 Å². The van der Waals surface area contributed by atoms with Crippen molar-refractivity contribution in [2.24, 2.45) is 9.98 Å². The minimum atomic E-state index is -0.400. The van der Waals surface area contributed by atoms with Crippen molar-refractivity contribution in [3.8, 4) is 0 Å². The zero-order valence-corrected chi connectivity index (χ0v) is 15.7. The number of hydrogen-bond acceptors (Lipinski definition) is 6. The number of nitro benzene ring substituents is 1. The van der Waals surface area contributed by atoms with Crippen LogP contribution in [0.4, 0.5) is 17.1 Å². The lowest BCUT2D eigenvalue weighted by Crippen LogP contribution is -2.05. The highest BCUT2D eigenvalue weighted by molar-refractivity contribution is 5.95. The van der Waals surface area contributed by atoms with Crippen LogP contribution in [0.1, 0.15) is 34.1 Å². The molecule has 2 N–H and O–H groups in total. The highest BCUT2D eigenvalue weighted by Gasteiger charge is 2.11. The van der Waals surface area contributed by atoms with Gasteiger partial charge in [0.25, 0.3) is 5.69 Å². The van der Waals surface area contributed by atoms with Gasteiger partial charge in [0.05, 0.1) is 16.3 Å². The molecule has 0 atom stereocenters. The molecule has 2 rings (SSSR count). The van der Waals surface area contributed by atoms with Crippen LogP contribution in [-0.2, 0) is 0 Å². The van der Waals surface area contributed by atoms with Crippen LogP contribution >= 0.6 is 0 Å². The first-order chi connectivity index (χ1) is 12.3. The molecule has 0 saturated carbocycles.